The number of nitrogens with one attached hydrogen (secondary N) is 1. The second-order valence-electron chi connectivity index (χ2n) is 6.83. The first kappa shape index (κ1) is 22.2. The summed E-state index contributed by atoms with van der Waals surface area (Å²) in [5.41, 5.74) is 1.66. The topological polar surface area (TPSA) is 113 Å². The van der Waals surface area contributed by atoms with Crippen molar-refractivity contribution in [2.24, 2.45) is 0 Å². The SMILES string of the molecule is COc1cc(-c2nc(-c3ccc(NS(=O)(=O)c4ccccc4)cc3)no2)cc(OC)c1OC. The summed E-state index contributed by atoms with van der Waals surface area (Å²) in [7, 11) is 0.890. The molecule has 0 saturated carbocycles. The summed E-state index contributed by atoms with van der Waals surface area (Å²) in [6, 6.07) is 18.2. The van der Waals surface area contributed by atoms with Gasteiger partial charge in [0, 0.05) is 16.8 Å². The Balaban J connectivity index is 1.57. The normalized spacial score (nSPS) is 11.1. The summed E-state index contributed by atoms with van der Waals surface area (Å²) in [6.07, 6.45) is 0. The standard InChI is InChI=1S/C23H21N3O6S/c1-29-19-13-16(14-20(30-2)21(19)31-3)23-24-22(25-32-23)15-9-11-17(12-10-15)26-33(27,28)18-7-5-4-6-8-18/h4-14,26H,1-3H3. The molecule has 0 aliphatic carbocycles. The van der Waals surface area contributed by atoms with Crippen LogP contribution >= 0.6 is 0 Å². The molecule has 0 spiro atoms. The molecular formula is C23H21N3O6S. The Morgan fingerprint density at radius 1 is 0.818 bits per heavy atom. The quantitative estimate of drug-likeness (QED) is 0.410. The van der Waals surface area contributed by atoms with Gasteiger partial charge in [-0.25, -0.2) is 8.42 Å². The van der Waals surface area contributed by atoms with E-state index in [9.17, 15) is 8.42 Å². The van der Waals surface area contributed by atoms with Crippen molar-refractivity contribution in [2.75, 3.05) is 26.1 Å². The molecule has 1 heterocycles. The van der Waals surface area contributed by atoms with Crippen LogP contribution in [0.25, 0.3) is 22.8 Å². The van der Waals surface area contributed by atoms with E-state index in [-0.39, 0.29) is 10.8 Å². The molecule has 10 heteroatoms. The van der Waals surface area contributed by atoms with Crippen LogP contribution in [0.5, 0.6) is 17.2 Å². The smallest absolute Gasteiger partial charge is 0.261 e. The van der Waals surface area contributed by atoms with E-state index in [0.717, 1.165) is 0 Å². The minimum Gasteiger partial charge on any atom is -0.493 e. The summed E-state index contributed by atoms with van der Waals surface area (Å²) >= 11 is 0. The zero-order chi connectivity index (χ0) is 23.4. The van der Waals surface area contributed by atoms with Crippen molar-refractivity contribution in [3.8, 4) is 40.1 Å². The fourth-order valence-electron chi connectivity index (χ4n) is 3.16. The van der Waals surface area contributed by atoms with E-state index in [1.165, 1.54) is 33.5 Å². The molecule has 1 aromatic heterocycles. The number of rotatable bonds is 8. The largest absolute Gasteiger partial charge is 0.493 e. The van der Waals surface area contributed by atoms with E-state index < -0.39 is 10.0 Å². The Labute approximate surface area is 191 Å². The number of hydrogen-bond donors (Lipinski definition) is 1. The van der Waals surface area contributed by atoms with Gasteiger partial charge in [-0.2, -0.15) is 4.98 Å². The van der Waals surface area contributed by atoms with Gasteiger partial charge < -0.3 is 18.7 Å². The Morgan fingerprint density at radius 3 is 2.03 bits per heavy atom. The molecule has 0 fully saturated rings. The number of hydrogen-bond acceptors (Lipinski definition) is 8. The van der Waals surface area contributed by atoms with E-state index in [2.05, 4.69) is 14.9 Å². The number of nitrogens with zero attached hydrogens (tertiary/aromatic N) is 2. The summed E-state index contributed by atoms with van der Waals surface area (Å²) in [5, 5.41) is 4.03. The Kier molecular flexibility index (Phi) is 6.18. The third-order valence-corrected chi connectivity index (χ3v) is 6.18. The molecule has 9 nitrogen and oxygen atoms in total. The number of sulfonamides is 1. The highest BCUT2D eigenvalue weighted by Gasteiger charge is 2.18. The van der Waals surface area contributed by atoms with Gasteiger partial charge in [-0.1, -0.05) is 23.4 Å². The number of anilines is 1. The average molecular weight is 468 g/mol. The maximum absolute atomic E-state index is 12.5. The van der Waals surface area contributed by atoms with Gasteiger partial charge in [0.15, 0.2) is 11.5 Å². The maximum atomic E-state index is 12.5. The molecule has 0 saturated heterocycles. The second-order valence-corrected chi connectivity index (χ2v) is 8.52. The molecule has 170 valence electrons. The van der Waals surface area contributed by atoms with E-state index in [1.807, 2.05) is 0 Å². The van der Waals surface area contributed by atoms with Crippen LogP contribution in [0.4, 0.5) is 5.69 Å². The van der Waals surface area contributed by atoms with Crippen LogP contribution in [-0.2, 0) is 10.0 Å². The van der Waals surface area contributed by atoms with Gasteiger partial charge in [0.25, 0.3) is 15.9 Å². The zero-order valence-corrected chi connectivity index (χ0v) is 18.9. The van der Waals surface area contributed by atoms with Crippen molar-refractivity contribution >= 4 is 15.7 Å². The van der Waals surface area contributed by atoms with Gasteiger partial charge in [0.05, 0.1) is 26.2 Å². The highest BCUT2D eigenvalue weighted by Crippen LogP contribution is 2.41. The minimum absolute atomic E-state index is 0.183. The Hall–Kier alpha value is -4.05. The number of ether oxygens (including phenoxy) is 3. The van der Waals surface area contributed by atoms with Gasteiger partial charge in [-0.3, -0.25) is 4.72 Å². The van der Waals surface area contributed by atoms with Crippen molar-refractivity contribution in [1.29, 1.82) is 0 Å². The highest BCUT2D eigenvalue weighted by molar-refractivity contribution is 7.92. The first-order valence-electron chi connectivity index (χ1n) is 9.77. The van der Waals surface area contributed by atoms with Crippen LogP contribution in [0, 0.1) is 0 Å². The Bertz CT molecular complexity index is 1330. The molecule has 0 aliphatic rings. The van der Waals surface area contributed by atoms with Crippen LogP contribution in [0.3, 0.4) is 0 Å². The third kappa shape index (κ3) is 4.60. The fourth-order valence-corrected chi connectivity index (χ4v) is 4.24. The summed E-state index contributed by atoms with van der Waals surface area (Å²) < 4.78 is 49.0. The van der Waals surface area contributed by atoms with Gasteiger partial charge in [0.1, 0.15) is 0 Å². The lowest BCUT2D eigenvalue weighted by molar-refractivity contribution is 0.324. The van der Waals surface area contributed by atoms with Crippen LogP contribution < -0.4 is 18.9 Å². The van der Waals surface area contributed by atoms with Crippen molar-refractivity contribution < 1.29 is 27.2 Å². The second kappa shape index (κ2) is 9.21. The maximum Gasteiger partial charge on any atom is 0.261 e. The van der Waals surface area contributed by atoms with Crippen LogP contribution in [0.15, 0.2) is 76.1 Å². The molecule has 0 unspecified atom stereocenters. The predicted molar refractivity (Wildman–Crippen MR) is 122 cm³/mol. The van der Waals surface area contributed by atoms with Crippen molar-refractivity contribution in [3.63, 3.8) is 0 Å². The fraction of sp³-hybridized carbons (Fsp3) is 0.130. The van der Waals surface area contributed by atoms with E-state index >= 15 is 0 Å². The van der Waals surface area contributed by atoms with Gasteiger partial charge in [0.2, 0.25) is 11.6 Å². The van der Waals surface area contributed by atoms with E-state index in [4.69, 9.17) is 18.7 Å². The Morgan fingerprint density at radius 2 is 1.45 bits per heavy atom. The lowest BCUT2D eigenvalue weighted by Crippen LogP contribution is -2.12. The molecule has 4 rings (SSSR count). The molecule has 1 N–H and O–H groups in total. The highest BCUT2D eigenvalue weighted by atomic mass is 32.2. The number of methoxy groups -OCH3 is 3. The number of aromatic nitrogens is 2. The van der Waals surface area contributed by atoms with E-state index in [1.54, 1.807) is 54.6 Å². The molecule has 0 bridgehead atoms. The molecule has 0 atom stereocenters. The van der Waals surface area contributed by atoms with Crippen molar-refractivity contribution in [2.45, 2.75) is 4.90 Å². The molecule has 4 aromatic rings. The summed E-state index contributed by atoms with van der Waals surface area (Å²) in [5.74, 6) is 1.98. The first-order valence-corrected chi connectivity index (χ1v) is 11.3. The van der Waals surface area contributed by atoms with Gasteiger partial charge in [-0.05, 0) is 48.5 Å². The first-order chi connectivity index (χ1) is 15.9. The molecular weight excluding hydrogens is 446 g/mol. The zero-order valence-electron chi connectivity index (χ0n) is 18.1. The third-order valence-electron chi connectivity index (χ3n) is 4.79. The molecule has 3 aromatic carbocycles. The van der Waals surface area contributed by atoms with Crippen molar-refractivity contribution in [1.82, 2.24) is 10.1 Å². The predicted octanol–water partition coefficient (Wildman–Crippen LogP) is 4.23. The molecule has 0 aliphatic heterocycles. The lowest BCUT2D eigenvalue weighted by Gasteiger charge is -2.12. The molecule has 33 heavy (non-hydrogen) atoms. The molecule has 0 amide bonds. The van der Waals surface area contributed by atoms with Gasteiger partial charge >= 0.3 is 0 Å². The molecule has 0 radical (unpaired) electrons. The lowest BCUT2D eigenvalue weighted by atomic mass is 10.1. The number of benzene rings is 3. The van der Waals surface area contributed by atoms with E-state index in [0.29, 0.717) is 39.9 Å². The van der Waals surface area contributed by atoms with Crippen molar-refractivity contribution in [3.05, 3.63) is 66.7 Å². The average Bonchev–Trinajstić information content (AvgIpc) is 3.34. The summed E-state index contributed by atoms with van der Waals surface area (Å²) in [6.45, 7) is 0. The monoisotopic (exact) mass is 467 g/mol. The van der Waals surface area contributed by atoms with Crippen LogP contribution in [0.1, 0.15) is 0 Å². The summed E-state index contributed by atoms with van der Waals surface area (Å²) in [4.78, 5) is 4.62. The van der Waals surface area contributed by atoms with Crippen LogP contribution in [-0.4, -0.2) is 39.9 Å². The minimum atomic E-state index is -3.68. The van der Waals surface area contributed by atoms with Gasteiger partial charge in [-0.15, -0.1) is 0 Å². The van der Waals surface area contributed by atoms with Crippen LogP contribution in [0.2, 0.25) is 0 Å².